The molecule has 8 heteroatoms. The molecular weight excluding hydrogens is 272 g/mol. The zero-order valence-electron chi connectivity index (χ0n) is 10.2. The van der Waals surface area contributed by atoms with E-state index >= 15 is 0 Å². The maximum atomic E-state index is 11.6. The molecule has 0 aromatic heterocycles. The molecule has 2 aliphatic rings. The summed E-state index contributed by atoms with van der Waals surface area (Å²) < 4.78 is 22.5. The van der Waals surface area contributed by atoms with Gasteiger partial charge in [0, 0.05) is 6.04 Å². The molecule has 1 saturated heterocycles. The number of carbonyl (C=O) groups excluding carboxylic acids is 1. The van der Waals surface area contributed by atoms with Gasteiger partial charge in [0.05, 0.1) is 23.5 Å². The Morgan fingerprint density at radius 1 is 1.21 bits per heavy atom. The average Bonchev–Trinajstić information content (AvgIpc) is 2.85. The molecule has 2 rings (SSSR count). The maximum absolute atomic E-state index is 11.6. The van der Waals surface area contributed by atoms with Gasteiger partial charge in [-0.25, -0.2) is 13.2 Å². The zero-order valence-corrected chi connectivity index (χ0v) is 11.0. The number of urea groups is 1. The number of carbonyl (C=O) groups is 2. The molecule has 0 aromatic rings. The predicted molar refractivity (Wildman–Crippen MR) is 67.4 cm³/mol. The smallest absolute Gasteiger partial charge is 0.315 e. The Hall–Kier alpha value is -1.57. The first-order valence-corrected chi connectivity index (χ1v) is 7.86. The third-order valence-electron chi connectivity index (χ3n) is 3.28. The fourth-order valence-corrected chi connectivity index (χ4v) is 3.97. The van der Waals surface area contributed by atoms with Crippen LogP contribution < -0.4 is 10.6 Å². The summed E-state index contributed by atoms with van der Waals surface area (Å²) in [5, 5.41) is 14.0. The van der Waals surface area contributed by atoms with Crippen molar-refractivity contribution < 1.29 is 23.1 Å². The quantitative estimate of drug-likeness (QED) is 0.606. The van der Waals surface area contributed by atoms with Gasteiger partial charge in [0.15, 0.2) is 9.84 Å². The van der Waals surface area contributed by atoms with E-state index in [1.54, 1.807) is 12.2 Å². The molecule has 0 saturated carbocycles. The summed E-state index contributed by atoms with van der Waals surface area (Å²) in [7, 11) is -3.02. The van der Waals surface area contributed by atoms with Gasteiger partial charge < -0.3 is 15.7 Å². The lowest BCUT2D eigenvalue weighted by Crippen LogP contribution is -2.46. The van der Waals surface area contributed by atoms with Gasteiger partial charge in [0.25, 0.3) is 0 Å². The highest BCUT2D eigenvalue weighted by Crippen LogP contribution is 2.18. The van der Waals surface area contributed by atoms with Crippen molar-refractivity contribution in [2.45, 2.75) is 24.9 Å². The Morgan fingerprint density at radius 2 is 1.95 bits per heavy atom. The first-order chi connectivity index (χ1) is 8.85. The van der Waals surface area contributed by atoms with Crippen LogP contribution in [-0.2, 0) is 14.6 Å². The number of aliphatic carboxylic acids is 1. The Bertz CT molecular complexity index is 513. The summed E-state index contributed by atoms with van der Waals surface area (Å²) in [4.78, 5) is 22.4. The number of carboxylic acids is 1. The molecular formula is C11H16N2O5S. The number of hydrogen-bond acceptors (Lipinski definition) is 4. The van der Waals surface area contributed by atoms with Crippen molar-refractivity contribution in [3.05, 3.63) is 12.2 Å². The lowest BCUT2D eigenvalue weighted by Gasteiger charge is -2.15. The minimum Gasteiger partial charge on any atom is -0.481 e. The highest BCUT2D eigenvalue weighted by Gasteiger charge is 2.30. The van der Waals surface area contributed by atoms with E-state index in [-0.39, 0.29) is 23.6 Å². The van der Waals surface area contributed by atoms with E-state index in [9.17, 15) is 18.0 Å². The van der Waals surface area contributed by atoms with Crippen LogP contribution in [0.15, 0.2) is 12.2 Å². The molecule has 0 spiro atoms. The molecule has 7 nitrogen and oxygen atoms in total. The van der Waals surface area contributed by atoms with Gasteiger partial charge in [-0.15, -0.1) is 0 Å². The number of rotatable bonds is 3. The molecule has 0 radical (unpaired) electrons. The minimum absolute atomic E-state index is 0.0291. The van der Waals surface area contributed by atoms with Gasteiger partial charge in [0.1, 0.15) is 0 Å². The maximum Gasteiger partial charge on any atom is 0.315 e. The van der Waals surface area contributed by atoms with Crippen LogP contribution in [-0.4, -0.2) is 49.1 Å². The SMILES string of the molecule is O=C(NC1C=CC(C(=O)O)C1)NC1CCS(=O)(=O)C1. The normalized spacial score (nSPS) is 32.1. The fraction of sp³-hybridized carbons (Fsp3) is 0.636. The number of nitrogens with one attached hydrogen (secondary N) is 2. The van der Waals surface area contributed by atoms with Crippen molar-refractivity contribution in [2.75, 3.05) is 11.5 Å². The third kappa shape index (κ3) is 3.69. The molecule has 1 aliphatic carbocycles. The number of sulfone groups is 1. The van der Waals surface area contributed by atoms with Crippen molar-refractivity contribution in [3.63, 3.8) is 0 Å². The number of carboxylic acid groups (broad SMARTS) is 1. The summed E-state index contributed by atoms with van der Waals surface area (Å²) in [5.74, 6) is -1.42. The van der Waals surface area contributed by atoms with Crippen molar-refractivity contribution in [2.24, 2.45) is 5.92 Å². The second-order valence-corrected chi connectivity index (χ2v) is 7.12. The Balaban J connectivity index is 1.77. The first-order valence-electron chi connectivity index (χ1n) is 6.04. The largest absolute Gasteiger partial charge is 0.481 e. The van der Waals surface area contributed by atoms with Crippen LogP contribution >= 0.6 is 0 Å². The molecule has 1 aliphatic heterocycles. The molecule has 2 amide bonds. The predicted octanol–water partition coefficient (Wildman–Crippen LogP) is -0.498. The second-order valence-electron chi connectivity index (χ2n) is 4.89. The number of hydrogen-bond donors (Lipinski definition) is 3. The van der Waals surface area contributed by atoms with Gasteiger partial charge in [0.2, 0.25) is 0 Å². The van der Waals surface area contributed by atoms with E-state index in [2.05, 4.69) is 10.6 Å². The summed E-state index contributed by atoms with van der Waals surface area (Å²) in [6.45, 7) is 0. The van der Waals surface area contributed by atoms with Crippen molar-refractivity contribution in [1.29, 1.82) is 0 Å². The van der Waals surface area contributed by atoms with Crippen LogP contribution in [0.3, 0.4) is 0 Å². The highest BCUT2D eigenvalue weighted by atomic mass is 32.2. The van der Waals surface area contributed by atoms with E-state index in [1.165, 1.54) is 0 Å². The number of amides is 2. The zero-order chi connectivity index (χ0) is 14.0. The van der Waals surface area contributed by atoms with E-state index in [4.69, 9.17) is 5.11 Å². The molecule has 0 aromatic carbocycles. The molecule has 19 heavy (non-hydrogen) atoms. The Morgan fingerprint density at radius 3 is 2.47 bits per heavy atom. The van der Waals surface area contributed by atoms with Crippen LogP contribution in [0.5, 0.6) is 0 Å². The summed E-state index contributed by atoms with van der Waals surface area (Å²) in [6, 6.07) is -1.13. The van der Waals surface area contributed by atoms with Crippen LogP contribution in [0.1, 0.15) is 12.8 Å². The monoisotopic (exact) mass is 288 g/mol. The van der Waals surface area contributed by atoms with Gasteiger partial charge in [-0.2, -0.15) is 0 Å². The van der Waals surface area contributed by atoms with Crippen LogP contribution in [0.2, 0.25) is 0 Å². The van der Waals surface area contributed by atoms with Crippen LogP contribution in [0, 0.1) is 5.92 Å². The van der Waals surface area contributed by atoms with Gasteiger partial charge in [-0.05, 0) is 12.8 Å². The highest BCUT2D eigenvalue weighted by molar-refractivity contribution is 7.91. The molecule has 3 atom stereocenters. The molecule has 1 fully saturated rings. The minimum atomic E-state index is -3.02. The van der Waals surface area contributed by atoms with Crippen molar-refractivity contribution >= 4 is 21.8 Å². The summed E-state index contributed by atoms with van der Waals surface area (Å²) in [6.07, 6.45) is 3.94. The Kier molecular flexibility index (Phi) is 3.79. The van der Waals surface area contributed by atoms with E-state index in [0.29, 0.717) is 12.8 Å². The van der Waals surface area contributed by atoms with E-state index < -0.39 is 27.8 Å². The van der Waals surface area contributed by atoms with E-state index in [1.807, 2.05) is 0 Å². The topological polar surface area (TPSA) is 113 Å². The molecule has 106 valence electrons. The van der Waals surface area contributed by atoms with Crippen molar-refractivity contribution in [1.82, 2.24) is 10.6 Å². The lowest BCUT2D eigenvalue weighted by atomic mass is 10.1. The molecule has 3 N–H and O–H groups in total. The van der Waals surface area contributed by atoms with Gasteiger partial charge in [-0.1, -0.05) is 12.2 Å². The molecule has 0 bridgehead atoms. The van der Waals surface area contributed by atoms with Gasteiger partial charge >= 0.3 is 12.0 Å². The lowest BCUT2D eigenvalue weighted by molar-refractivity contribution is -0.140. The van der Waals surface area contributed by atoms with E-state index in [0.717, 1.165) is 0 Å². The standard InChI is InChI=1S/C11H16N2O5S/c14-10(15)7-1-2-8(5-7)12-11(16)13-9-3-4-19(17,18)6-9/h1-2,7-9H,3-6H2,(H,14,15)(H2,12,13,16). The molecule has 3 unspecified atom stereocenters. The second kappa shape index (κ2) is 5.20. The molecule has 1 heterocycles. The summed E-state index contributed by atoms with van der Waals surface area (Å²) >= 11 is 0. The first kappa shape index (κ1) is 13.9. The Labute approximate surface area is 111 Å². The summed E-state index contributed by atoms with van der Waals surface area (Å²) in [5.41, 5.74) is 0. The average molecular weight is 288 g/mol. The third-order valence-corrected chi connectivity index (χ3v) is 5.05. The van der Waals surface area contributed by atoms with Crippen molar-refractivity contribution in [3.8, 4) is 0 Å². The van der Waals surface area contributed by atoms with Gasteiger partial charge in [-0.3, -0.25) is 4.79 Å². The fourth-order valence-electron chi connectivity index (χ4n) is 2.29. The van der Waals surface area contributed by atoms with Crippen LogP contribution in [0.25, 0.3) is 0 Å². The van der Waals surface area contributed by atoms with Crippen LogP contribution in [0.4, 0.5) is 4.79 Å².